The molecule has 0 radical (unpaired) electrons. The Bertz CT molecular complexity index is 386. The number of phenolic OH excluding ortho intramolecular Hbond substituents is 1. The molecular formula is C12H17ClF2N2O. The van der Waals surface area contributed by atoms with Gasteiger partial charge in [0, 0.05) is 31.7 Å². The second-order valence-electron chi connectivity index (χ2n) is 4.13. The van der Waals surface area contributed by atoms with Gasteiger partial charge in [0.15, 0.2) is 11.6 Å². The lowest BCUT2D eigenvalue weighted by Gasteiger charge is -2.33. The highest BCUT2D eigenvalue weighted by atomic mass is 35.5. The number of benzene rings is 1. The minimum Gasteiger partial charge on any atom is -0.505 e. The Labute approximate surface area is 111 Å². The third-order valence-corrected chi connectivity index (χ3v) is 3.12. The molecule has 1 atom stereocenters. The van der Waals surface area contributed by atoms with E-state index in [1.54, 1.807) is 6.07 Å². The highest BCUT2D eigenvalue weighted by Gasteiger charge is 2.25. The van der Waals surface area contributed by atoms with Crippen molar-refractivity contribution in [2.75, 3.05) is 32.9 Å². The molecule has 0 unspecified atom stereocenters. The molecular weight excluding hydrogens is 262 g/mol. The van der Waals surface area contributed by atoms with Crippen LogP contribution in [0.4, 0.5) is 8.78 Å². The van der Waals surface area contributed by atoms with Crippen molar-refractivity contribution in [3.63, 3.8) is 0 Å². The number of halogens is 3. The van der Waals surface area contributed by atoms with Crippen LogP contribution >= 0.6 is 12.4 Å². The molecule has 1 saturated heterocycles. The molecule has 1 fully saturated rings. The van der Waals surface area contributed by atoms with Crippen molar-refractivity contribution in [2.45, 2.75) is 6.04 Å². The summed E-state index contributed by atoms with van der Waals surface area (Å²) in [6.07, 6.45) is 0. The van der Waals surface area contributed by atoms with Crippen LogP contribution in [0.1, 0.15) is 11.6 Å². The van der Waals surface area contributed by atoms with Gasteiger partial charge in [-0.05, 0) is 6.07 Å². The number of alkyl halides is 1. The summed E-state index contributed by atoms with van der Waals surface area (Å²) in [6, 6.07) is 3.68. The first-order valence-electron chi connectivity index (χ1n) is 5.72. The summed E-state index contributed by atoms with van der Waals surface area (Å²) in [5.41, 5.74) is 0.328. The second-order valence-corrected chi connectivity index (χ2v) is 4.13. The Morgan fingerprint density at radius 1 is 1.33 bits per heavy atom. The molecule has 0 aliphatic carbocycles. The van der Waals surface area contributed by atoms with Crippen molar-refractivity contribution < 1.29 is 13.9 Å². The molecule has 1 aromatic carbocycles. The number of para-hydroxylation sites is 1. The van der Waals surface area contributed by atoms with E-state index in [4.69, 9.17) is 0 Å². The zero-order chi connectivity index (χ0) is 12.3. The Morgan fingerprint density at radius 2 is 2.00 bits per heavy atom. The van der Waals surface area contributed by atoms with Gasteiger partial charge in [-0.25, -0.2) is 8.78 Å². The Balaban J connectivity index is 0.00000162. The lowest BCUT2D eigenvalue weighted by molar-refractivity contribution is 0.144. The van der Waals surface area contributed by atoms with Crippen molar-refractivity contribution in [1.82, 2.24) is 10.2 Å². The second kappa shape index (κ2) is 6.87. The predicted molar refractivity (Wildman–Crippen MR) is 68.5 cm³/mol. The Kier molecular flexibility index (Phi) is 5.78. The van der Waals surface area contributed by atoms with Crippen LogP contribution in [0, 0.1) is 5.82 Å². The molecule has 0 amide bonds. The number of hydrogen-bond donors (Lipinski definition) is 2. The SMILES string of the molecule is Cl.Oc1c(F)cccc1[C@H](CF)N1CCNCC1. The van der Waals surface area contributed by atoms with Crippen LogP contribution in [-0.4, -0.2) is 42.9 Å². The van der Waals surface area contributed by atoms with Crippen LogP contribution in [0.5, 0.6) is 5.75 Å². The normalized spacial score (nSPS) is 18.1. The highest BCUT2D eigenvalue weighted by molar-refractivity contribution is 5.85. The van der Waals surface area contributed by atoms with Crippen molar-refractivity contribution in [3.8, 4) is 5.75 Å². The molecule has 3 nitrogen and oxygen atoms in total. The van der Waals surface area contributed by atoms with Crippen LogP contribution in [-0.2, 0) is 0 Å². The summed E-state index contributed by atoms with van der Waals surface area (Å²) in [5.74, 6) is -1.13. The largest absolute Gasteiger partial charge is 0.505 e. The minimum absolute atomic E-state index is 0. The standard InChI is InChI=1S/C12H16F2N2O.ClH/c13-8-11(16-6-4-15-5-7-16)9-2-1-3-10(14)12(9)17;/h1-3,11,15,17H,4-8H2;1H/t11-;/m0./s1. The fraction of sp³-hybridized carbons (Fsp3) is 0.500. The highest BCUT2D eigenvalue weighted by Crippen LogP contribution is 2.31. The number of nitrogens with one attached hydrogen (secondary N) is 1. The van der Waals surface area contributed by atoms with Crippen LogP contribution in [0.15, 0.2) is 18.2 Å². The lowest BCUT2D eigenvalue weighted by atomic mass is 10.0. The average Bonchev–Trinajstić information content (AvgIpc) is 2.37. The third kappa shape index (κ3) is 3.10. The molecule has 1 aliphatic rings. The maximum atomic E-state index is 13.2. The molecule has 6 heteroatoms. The van der Waals surface area contributed by atoms with Gasteiger partial charge in [-0.1, -0.05) is 12.1 Å². The molecule has 0 bridgehead atoms. The number of nitrogens with zero attached hydrogens (tertiary/aromatic N) is 1. The molecule has 0 aromatic heterocycles. The summed E-state index contributed by atoms with van der Waals surface area (Å²) in [5, 5.41) is 12.8. The van der Waals surface area contributed by atoms with Gasteiger partial charge < -0.3 is 10.4 Å². The zero-order valence-electron chi connectivity index (χ0n) is 9.90. The molecule has 1 aliphatic heterocycles. The smallest absolute Gasteiger partial charge is 0.165 e. The van der Waals surface area contributed by atoms with Crippen molar-refractivity contribution >= 4 is 12.4 Å². The van der Waals surface area contributed by atoms with Gasteiger partial charge in [0.2, 0.25) is 0 Å². The fourth-order valence-corrected chi connectivity index (χ4v) is 2.17. The van der Waals surface area contributed by atoms with Crippen molar-refractivity contribution in [1.29, 1.82) is 0 Å². The third-order valence-electron chi connectivity index (χ3n) is 3.12. The molecule has 2 rings (SSSR count). The number of piperazine rings is 1. The van der Waals surface area contributed by atoms with Crippen LogP contribution in [0.25, 0.3) is 0 Å². The van der Waals surface area contributed by atoms with E-state index in [1.807, 2.05) is 4.90 Å². The summed E-state index contributed by atoms with van der Waals surface area (Å²) in [7, 11) is 0. The van der Waals surface area contributed by atoms with E-state index >= 15 is 0 Å². The fourth-order valence-electron chi connectivity index (χ4n) is 2.17. The summed E-state index contributed by atoms with van der Waals surface area (Å²) in [6.45, 7) is 2.34. The quantitative estimate of drug-likeness (QED) is 0.886. The van der Waals surface area contributed by atoms with Gasteiger partial charge in [-0.15, -0.1) is 12.4 Å². The van der Waals surface area contributed by atoms with Gasteiger partial charge in [-0.3, -0.25) is 4.90 Å². The Hall–Kier alpha value is -0.910. The summed E-state index contributed by atoms with van der Waals surface area (Å²) >= 11 is 0. The maximum Gasteiger partial charge on any atom is 0.165 e. The van der Waals surface area contributed by atoms with E-state index in [0.29, 0.717) is 18.7 Å². The number of rotatable bonds is 3. The van der Waals surface area contributed by atoms with Crippen molar-refractivity contribution in [2.24, 2.45) is 0 Å². The van der Waals surface area contributed by atoms with Gasteiger partial charge >= 0.3 is 0 Å². The van der Waals surface area contributed by atoms with Crippen LogP contribution < -0.4 is 5.32 Å². The monoisotopic (exact) mass is 278 g/mol. The topological polar surface area (TPSA) is 35.5 Å². The Morgan fingerprint density at radius 3 is 2.61 bits per heavy atom. The van der Waals surface area contributed by atoms with E-state index in [0.717, 1.165) is 13.1 Å². The van der Waals surface area contributed by atoms with Gasteiger partial charge in [0.1, 0.15) is 6.67 Å². The molecule has 2 N–H and O–H groups in total. The first-order chi connectivity index (χ1) is 8.24. The zero-order valence-corrected chi connectivity index (χ0v) is 10.7. The molecule has 102 valence electrons. The van der Waals surface area contributed by atoms with Crippen LogP contribution in [0.3, 0.4) is 0 Å². The number of hydrogen-bond acceptors (Lipinski definition) is 3. The molecule has 1 aromatic rings. The van der Waals surface area contributed by atoms with Gasteiger partial charge in [0.05, 0.1) is 6.04 Å². The van der Waals surface area contributed by atoms with E-state index in [9.17, 15) is 13.9 Å². The van der Waals surface area contributed by atoms with E-state index < -0.39 is 24.3 Å². The predicted octanol–water partition coefficient (Wildman–Crippen LogP) is 1.87. The van der Waals surface area contributed by atoms with Gasteiger partial charge in [-0.2, -0.15) is 0 Å². The van der Waals surface area contributed by atoms with Crippen LogP contribution in [0.2, 0.25) is 0 Å². The van der Waals surface area contributed by atoms with Gasteiger partial charge in [0.25, 0.3) is 0 Å². The molecule has 18 heavy (non-hydrogen) atoms. The maximum absolute atomic E-state index is 13.2. The van der Waals surface area contributed by atoms with E-state index in [-0.39, 0.29) is 12.4 Å². The molecule has 0 spiro atoms. The molecule has 1 heterocycles. The first-order valence-corrected chi connectivity index (χ1v) is 5.72. The minimum atomic E-state index is -0.698. The summed E-state index contributed by atoms with van der Waals surface area (Å²) in [4.78, 5) is 1.92. The number of phenols is 1. The van der Waals surface area contributed by atoms with Crippen molar-refractivity contribution in [3.05, 3.63) is 29.6 Å². The lowest BCUT2D eigenvalue weighted by Crippen LogP contribution is -2.45. The van der Waals surface area contributed by atoms with E-state index in [2.05, 4.69) is 5.32 Å². The first kappa shape index (κ1) is 15.1. The van der Waals surface area contributed by atoms with E-state index in [1.165, 1.54) is 12.1 Å². The number of aromatic hydroxyl groups is 1. The molecule has 0 saturated carbocycles. The summed E-state index contributed by atoms with van der Waals surface area (Å²) < 4.78 is 26.4. The average molecular weight is 279 g/mol.